The number of carboxylic acids is 1. The average molecular weight is 196 g/mol. The van der Waals surface area contributed by atoms with Crippen molar-refractivity contribution in [1.82, 2.24) is 0 Å². The van der Waals surface area contributed by atoms with Crippen LogP contribution in [0.3, 0.4) is 0 Å². The van der Waals surface area contributed by atoms with Crippen molar-refractivity contribution in [3.63, 3.8) is 0 Å². The molecule has 0 aromatic heterocycles. The Balaban J connectivity index is 2.51. The Bertz CT molecular complexity index is 202. The molecule has 0 heterocycles. The van der Waals surface area contributed by atoms with Gasteiger partial charge in [-0.15, -0.1) is 6.58 Å². The molecule has 2 nitrogen and oxygen atoms in total. The second-order valence-corrected chi connectivity index (χ2v) is 4.33. The van der Waals surface area contributed by atoms with Crippen LogP contribution in [-0.2, 0) is 4.79 Å². The second-order valence-electron chi connectivity index (χ2n) is 4.33. The Labute approximate surface area is 86.0 Å². The van der Waals surface area contributed by atoms with Crippen LogP contribution in [0.4, 0.5) is 0 Å². The lowest BCUT2D eigenvalue weighted by molar-refractivity contribution is -0.151. The Morgan fingerprint density at radius 1 is 1.36 bits per heavy atom. The summed E-state index contributed by atoms with van der Waals surface area (Å²) in [4.78, 5) is 11.2. The zero-order valence-corrected chi connectivity index (χ0v) is 8.80. The predicted octanol–water partition coefficient (Wildman–Crippen LogP) is 3.38. The van der Waals surface area contributed by atoms with Gasteiger partial charge in [0.25, 0.3) is 0 Å². The maximum absolute atomic E-state index is 11.2. The van der Waals surface area contributed by atoms with Gasteiger partial charge in [-0.3, -0.25) is 4.79 Å². The summed E-state index contributed by atoms with van der Waals surface area (Å²) in [6, 6.07) is 0. The van der Waals surface area contributed by atoms with Crippen LogP contribution in [0.15, 0.2) is 12.7 Å². The first kappa shape index (κ1) is 11.3. The summed E-state index contributed by atoms with van der Waals surface area (Å²) in [6.07, 6.45) is 9.73. The van der Waals surface area contributed by atoms with Gasteiger partial charge in [-0.1, -0.05) is 25.3 Å². The molecule has 0 atom stereocenters. The summed E-state index contributed by atoms with van der Waals surface area (Å²) in [5.41, 5.74) is -0.402. The standard InChI is InChI=1S/C12H20O2/c1-2-3-5-8-12(11(13)14)9-6-4-7-10-12/h2H,1,3-10H2,(H,13,14). The minimum Gasteiger partial charge on any atom is -0.481 e. The van der Waals surface area contributed by atoms with Crippen LogP contribution >= 0.6 is 0 Å². The van der Waals surface area contributed by atoms with Crippen LogP contribution < -0.4 is 0 Å². The summed E-state index contributed by atoms with van der Waals surface area (Å²) in [5.74, 6) is -0.582. The molecule has 0 radical (unpaired) electrons. The molecule has 0 aromatic rings. The van der Waals surface area contributed by atoms with Crippen molar-refractivity contribution in [2.75, 3.05) is 0 Å². The fourth-order valence-electron chi connectivity index (χ4n) is 2.38. The number of allylic oxidation sites excluding steroid dienone is 1. The third-order valence-corrected chi connectivity index (χ3v) is 3.33. The SMILES string of the molecule is C=CCCCC1(C(=O)O)CCCCC1. The Hall–Kier alpha value is -0.790. The highest BCUT2D eigenvalue weighted by atomic mass is 16.4. The third-order valence-electron chi connectivity index (χ3n) is 3.33. The van der Waals surface area contributed by atoms with Crippen molar-refractivity contribution in [1.29, 1.82) is 0 Å². The van der Waals surface area contributed by atoms with E-state index in [2.05, 4.69) is 6.58 Å². The highest BCUT2D eigenvalue weighted by molar-refractivity contribution is 5.74. The lowest BCUT2D eigenvalue weighted by atomic mass is 9.71. The maximum atomic E-state index is 11.2. The van der Waals surface area contributed by atoms with E-state index in [9.17, 15) is 9.90 Å². The van der Waals surface area contributed by atoms with E-state index in [1.54, 1.807) is 0 Å². The fourth-order valence-corrected chi connectivity index (χ4v) is 2.38. The first-order valence-corrected chi connectivity index (χ1v) is 5.55. The van der Waals surface area contributed by atoms with Gasteiger partial charge in [0, 0.05) is 0 Å². The molecule has 0 amide bonds. The molecule has 0 aliphatic heterocycles. The first-order valence-electron chi connectivity index (χ1n) is 5.55. The highest BCUT2D eigenvalue weighted by Crippen LogP contribution is 2.40. The van der Waals surface area contributed by atoms with Gasteiger partial charge in [-0.25, -0.2) is 0 Å². The van der Waals surface area contributed by atoms with Gasteiger partial charge in [-0.05, 0) is 32.1 Å². The Morgan fingerprint density at radius 3 is 2.50 bits per heavy atom. The van der Waals surface area contributed by atoms with Crippen LogP contribution in [0, 0.1) is 5.41 Å². The lowest BCUT2D eigenvalue weighted by Gasteiger charge is -2.33. The molecule has 1 N–H and O–H groups in total. The van der Waals surface area contributed by atoms with E-state index in [0.29, 0.717) is 0 Å². The molecule has 1 saturated carbocycles. The number of carbonyl (C=O) groups is 1. The van der Waals surface area contributed by atoms with Crippen LogP contribution in [0.2, 0.25) is 0 Å². The van der Waals surface area contributed by atoms with Gasteiger partial charge in [0.05, 0.1) is 5.41 Å². The molecule has 0 spiro atoms. The third kappa shape index (κ3) is 2.60. The molecule has 14 heavy (non-hydrogen) atoms. The van der Waals surface area contributed by atoms with Crippen molar-refractivity contribution < 1.29 is 9.90 Å². The van der Waals surface area contributed by atoms with E-state index < -0.39 is 11.4 Å². The molecule has 80 valence electrons. The summed E-state index contributed by atoms with van der Waals surface area (Å²) < 4.78 is 0. The average Bonchev–Trinajstić information content (AvgIpc) is 2.19. The van der Waals surface area contributed by atoms with Crippen molar-refractivity contribution in [2.45, 2.75) is 51.4 Å². The number of rotatable bonds is 5. The highest BCUT2D eigenvalue weighted by Gasteiger charge is 2.38. The van der Waals surface area contributed by atoms with Crippen LogP contribution in [0.25, 0.3) is 0 Å². The molecule has 2 heteroatoms. The largest absolute Gasteiger partial charge is 0.481 e. The topological polar surface area (TPSA) is 37.3 Å². The minimum atomic E-state index is -0.582. The van der Waals surface area contributed by atoms with Crippen molar-refractivity contribution in [3.8, 4) is 0 Å². The molecule has 1 fully saturated rings. The molecule has 1 aliphatic carbocycles. The number of carboxylic acid groups (broad SMARTS) is 1. The molecule has 0 saturated heterocycles. The first-order chi connectivity index (χ1) is 6.71. The zero-order valence-electron chi connectivity index (χ0n) is 8.80. The predicted molar refractivity (Wildman–Crippen MR) is 57.2 cm³/mol. The van der Waals surface area contributed by atoms with E-state index in [1.165, 1.54) is 6.42 Å². The van der Waals surface area contributed by atoms with E-state index in [0.717, 1.165) is 44.9 Å². The second kappa shape index (κ2) is 5.18. The molecule has 0 bridgehead atoms. The van der Waals surface area contributed by atoms with Gasteiger partial charge >= 0.3 is 5.97 Å². The van der Waals surface area contributed by atoms with Crippen molar-refractivity contribution in [3.05, 3.63) is 12.7 Å². The molecule has 1 rings (SSSR count). The summed E-state index contributed by atoms with van der Waals surface area (Å²) in [7, 11) is 0. The van der Waals surface area contributed by atoms with Gasteiger partial charge in [0.1, 0.15) is 0 Å². The van der Waals surface area contributed by atoms with Crippen LogP contribution in [0.5, 0.6) is 0 Å². The van der Waals surface area contributed by atoms with Crippen molar-refractivity contribution >= 4 is 5.97 Å². The zero-order chi connectivity index (χ0) is 10.4. The minimum absolute atomic E-state index is 0.402. The molecule has 0 aromatic carbocycles. The van der Waals surface area contributed by atoms with E-state index in [1.807, 2.05) is 6.08 Å². The van der Waals surface area contributed by atoms with Crippen LogP contribution in [-0.4, -0.2) is 11.1 Å². The van der Waals surface area contributed by atoms with Gasteiger partial charge in [-0.2, -0.15) is 0 Å². The molecule has 1 aliphatic rings. The Morgan fingerprint density at radius 2 is 2.00 bits per heavy atom. The fraction of sp³-hybridized carbons (Fsp3) is 0.750. The summed E-state index contributed by atoms with van der Waals surface area (Å²) in [6.45, 7) is 3.66. The maximum Gasteiger partial charge on any atom is 0.309 e. The van der Waals surface area contributed by atoms with Crippen molar-refractivity contribution in [2.24, 2.45) is 5.41 Å². The number of hydrogen-bond donors (Lipinski definition) is 1. The van der Waals surface area contributed by atoms with E-state index >= 15 is 0 Å². The van der Waals surface area contributed by atoms with E-state index in [-0.39, 0.29) is 0 Å². The lowest BCUT2D eigenvalue weighted by Crippen LogP contribution is -2.33. The van der Waals surface area contributed by atoms with Crippen LogP contribution in [0.1, 0.15) is 51.4 Å². The molecule has 0 unspecified atom stereocenters. The number of hydrogen-bond acceptors (Lipinski definition) is 1. The quantitative estimate of drug-likeness (QED) is 0.540. The van der Waals surface area contributed by atoms with Gasteiger partial charge in [0.2, 0.25) is 0 Å². The van der Waals surface area contributed by atoms with E-state index in [4.69, 9.17) is 0 Å². The monoisotopic (exact) mass is 196 g/mol. The summed E-state index contributed by atoms with van der Waals surface area (Å²) in [5, 5.41) is 9.26. The van der Waals surface area contributed by atoms with Gasteiger partial charge in [0.15, 0.2) is 0 Å². The normalized spacial score (nSPS) is 20.3. The number of aliphatic carboxylic acids is 1. The smallest absolute Gasteiger partial charge is 0.309 e. The Kier molecular flexibility index (Phi) is 4.18. The molecular weight excluding hydrogens is 176 g/mol. The summed E-state index contributed by atoms with van der Waals surface area (Å²) >= 11 is 0. The van der Waals surface area contributed by atoms with Gasteiger partial charge < -0.3 is 5.11 Å². The molecular formula is C12H20O2. The number of unbranched alkanes of at least 4 members (excludes halogenated alkanes) is 1.